The second-order valence-electron chi connectivity index (χ2n) is 7.06. The summed E-state index contributed by atoms with van der Waals surface area (Å²) in [7, 11) is -3.67. The second-order valence-corrected chi connectivity index (χ2v) is 9.87. The van der Waals surface area contributed by atoms with E-state index in [9.17, 15) is 18.0 Å². The highest BCUT2D eigenvalue weighted by Crippen LogP contribution is 2.27. The lowest BCUT2D eigenvalue weighted by molar-refractivity contribution is -0.120. The van der Waals surface area contributed by atoms with Crippen LogP contribution >= 0.6 is 23.2 Å². The van der Waals surface area contributed by atoms with Crippen LogP contribution in [0.2, 0.25) is 10.0 Å². The molecule has 160 valence electrons. The fraction of sp³-hybridized carbons (Fsp3) is 0.300. The monoisotopic (exact) mass is 470 g/mol. The Labute approximate surface area is 184 Å². The van der Waals surface area contributed by atoms with Crippen molar-refractivity contribution < 1.29 is 23.1 Å². The van der Waals surface area contributed by atoms with Crippen molar-refractivity contribution >= 4 is 50.8 Å². The predicted molar refractivity (Wildman–Crippen MR) is 115 cm³/mol. The van der Waals surface area contributed by atoms with Gasteiger partial charge in [0.2, 0.25) is 15.9 Å². The molecular formula is C20H20Cl2N2O5S. The van der Waals surface area contributed by atoms with E-state index >= 15 is 0 Å². The molecule has 0 aliphatic carbocycles. The predicted octanol–water partition coefficient (Wildman–Crippen LogP) is 3.87. The van der Waals surface area contributed by atoms with Crippen LogP contribution in [0, 0.1) is 5.92 Å². The normalized spacial score (nSPS) is 17.5. The molecule has 1 aliphatic heterocycles. The highest BCUT2D eigenvalue weighted by molar-refractivity contribution is 7.88. The Bertz CT molecular complexity index is 1060. The Morgan fingerprint density at radius 3 is 2.47 bits per heavy atom. The van der Waals surface area contributed by atoms with Gasteiger partial charge in [0.1, 0.15) is 0 Å². The zero-order valence-corrected chi connectivity index (χ0v) is 18.2. The topological polar surface area (TPSA) is 104 Å². The molecule has 1 fully saturated rings. The van der Waals surface area contributed by atoms with Crippen LogP contribution in [-0.4, -0.2) is 42.8 Å². The molecule has 3 rings (SSSR count). The fourth-order valence-corrected chi connectivity index (χ4v) is 5.47. The maximum atomic E-state index is 12.9. The highest BCUT2D eigenvalue weighted by Gasteiger charge is 2.32. The molecule has 30 heavy (non-hydrogen) atoms. The number of amides is 1. The van der Waals surface area contributed by atoms with Crippen molar-refractivity contribution in [2.45, 2.75) is 18.6 Å². The lowest BCUT2D eigenvalue weighted by Gasteiger charge is -2.31. The van der Waals surface area contributed by atoms with Crippen LogP contribution in [-0.2, 0) is 20.6 Å². The van der Waals surface area contributed by atoms with Gasteiger partial charge in [0.15, 0.2) is 0 Å². The van der Waals surface area contributed by atoms with Gasteiger partial charge in [-0.25, -0.2) is 17.5 Å². The summed E-state index contributed by atoms with van der Waals surface area (Å²) in [5.41, 5.74) is 1.02. The van der Waals surface area contributed by atoms with Crippen LogP contribution in [0.1, 0.15) is 28.8 Å². The number of benzene rings is 2. The number of carbonyl (C=O) groups excluding carboxylic acids is 1. The second kappa shape index (κ2) is 9.34. The minimum atomic E-state index is -3.67. The number of sulfonamides is 1. The maximum Gasteiger partial charge on any atom is 0.335 e. The van der Waals surface area contributed by atoms with E-state index in [1.165, 1.54) is 34.6 Å². The van der Waals surface area contributed by atoms with Gasteiger partial charge in [0.25, 0.3) is 0 Å². The molecule has 7 nitrogen and oxygen atoms in total. The third kappa shape index (κ3) is 5.51. The summed E-state index contributed by atoms with van der Waals surface area (Å²) in [6.45, 7) is 0.414. The summed E-state index contributed by atoms with van der Waals surface area (Å²) >= 11 is 12.0. The minimum Gasteiger partial charge on any atom is -0.478 e. The summed E-state index contributed by atoms with van der Waals surface area (Å²) in [6, 6.07) is 10.5. The molecule has 10 heteroatoms. The lowest BCUT2D eigenvalue weighted by Crippen LogP contribution is -2.44. The van der Waals surface area contributed by atoms with Crippen LogP contribution in [0.3, 0.4) is 0 Å². The molecule has 1 saturated heterocycles. The molecule has 0 saturated carbocycles. The molecule has 2 N–H and O–H groups in total. The van der Waals surface area contributed by atoms with E-state index in [0.29, 0.717) is 35.7 Å². The van der Waals surface area contributed by atoms with Crippen LogP contribution < -0.4 is 5.32 Å². The van der Waals surface area contributed by atoms with Crippen molar-refractivity contribution in [2.75, 3.05) is 18.4 Å². The van der Waals surface area contributed by atoms with E-state index in [0.717, 1.165) is 0 Å². The van der Waals surface area contributed by atoms with E-state index in [4.69, 9.17) is 28.3 Å². The van der Waals surface area contributed by atoms with Crippen LogP contribution in [0.5, 0.6) is 0 Å². The van der Waals surface area contributed by atoms with E-state index < -0.39 is 21.9 Å². The largest absolute Gasteiger partial charge is 0.478 e. The number of aromatic carboxylic acids is 1. The number of hydrogen-bond donors (Lipinski definition) is 2. The lowest BCUT2D eigenvalue weighted by atomic mass is 9.98. The van der Waals surface area contributed by atoms with E-state index in [2.05, 4.69) is 5.32 Å². The Balaban J connectivity index is 1.66. The van der Waals surface area contributed by atoms with Crippen molar-refractivity contribution in [3.05, 3.63) is 63.6 Å². The summed E-state index contributed by atoms with van der Waals surface area (Å²) in [4.78, 5) is 23.5. The Hall–Kier alpha value is -2.13. The summed E-state index contributed by atoms with van der Waals surface area (Å²) in [6.07, 6.45) is 1.12. The van der Waals surface area contributed by atoms with Gasteiger partial charge in [-0.2, -0.15) is 0 Å². The van der Waals surface area contributed by atoms with Crippen molar-refractivity contribution in [3.8, 4) is 0 Å². The van der Waals surface area contributed by atoms with Gasteiger partial charge in [-0.1, -0.05) is 29.3 Å². The molecule has 0 radical (unpaired) electrons. The smallest absolute Gasteiger partial charge is 0.335 e. The Kier molecular flexibility index (Phi) is 7.02. The van der Waals surface area contributed by atoms with E-state index in [1.807, 2.05) is 0 Å². The van der Waals surface area contributed by atoms with Gasteiger partial charge in [-0.15, -0.1) is 0 Å². The number of carboxylic acid groups (broad SMARTS) is 1. The van der Waals surface area contributed by atoms with Gasteiger partial charge in [0, 0.05) is 28.8 Å². The first-order chi connectivity index (χ1) is 14.2. The zero-order chi connectivity index (χ0) is 21.9. The molecule has 0 spiro atoms. The van der Waals surface area contributed by atoms with E-state index in [-0.39, 0.29) is 28.8 Å². The number of hydrogen-bond acceptors (Lipinski definition) is 4. The first-order valence-corrected chi connectivity index (χ1v) is 11.6. The first-order valence-electron chi connectivity index (χ1n) is 9.21. The van der Waals surface area contributed by atoms with Gasteiger partial charge in [0.05, 0.1) is 17.2 Å². The van der Waals surface area contributed by atoms with Crippen molar-refractivity contribution in [2.24, 2.45) is 5.92 Å². The number of nitrogens with one attached hydrogen (secondary N) is 1. The van der Waals surface area contributed by atoms with Crippen molar-refractivity contribution in [3.63, 3.8) is 0 Å². The first kappa shape index (κ1) is 22.6. The van der Waals surface area contributed by atoms with Gasteiger partial charge >= 0.3 is 5.97 Å². The number of rotatable bonds is 6. The molecule has 1 atom stereocenters. The number of carboxylic acids is 1. The van der Waals surface area contributed by atoms with Crippen LogP contribution in [0.25, 0.3) is 0 Å². The minimum absolute atomic E-state index is 0.0760. The van der Waals surface area contributed by atoms with Crippen molar-refractivity contribution in [1.29, 1.82) is 0 Å². The number of anilines is 1. The van der Waals surface area contributed by atoms with Gasteiger partial charge < -0.3 is 10.4 Å². The third-order valence-corrected chi connectivity index (χ3v) is 7.28. The average molecular weight is 471 g/mol. The van der Waals surface area contributed by atoms with E-state index in [1.54, 1.807) is 12.1 Å². The summed E-state index contributed by atoms with van der Waals surface area (Å²) < 4.78 is 27.1. The molecule has 2 aromatic rings. The third-order valence-electron chi connectivity index (χ3n) is 4.90. The number of piperidine rings is 1. The molecular weight excluding hydrogens is 451 g/mol. The molecule has 2 aromatic carbocycles. The molecule has 1 aliphatic rings. The molecule has 1 heterocycles. The quantitative estimate of drug-likeness (QED) is 0.666. The zero-order valence-electron chi connectivity index (χ0n) is 15.8. The summed E-state index contributed by atoms with van der Waals surface area (Å²) in [5, 5.41) is 12.4. The number of halogens is 2. The fourth-order valence-electron chi connectivity index (χ4n) is 3.28. The van der Waals surface area contributed by atoms with Gasteiger partial charge in [-0.05, 0) is 54.8 Å². The maximum absolute atomic E-state index is 12.9. The molecule has 1 amide bonds. The molecule has 0 unspecified atom stereocenters. The summed E-state index contributed by atoms with van der Waals surface area (Å²) in [5.74, 6) is -2.13. The molecule has 0 aromatic heterocycles. The number of carbonyl (C=O) groups is 2. The molecule has 0 bridgehead atoms. The highest BCUT2D eigenvalue weighted by atomic mass is 35.5. The standard InChI is InChI=1S/C20H20Cl2N2O5S/c21-16-6-3-15(18(22)10-16)12-30(28,29)24-9-1-2-14(11-24)19(25)23-17-7-4-13(5-8-17)20(26)27/h3-8,10,14H,1-2,9,11-12H2,(H,23,25)(H,26,27)/t14-/m1/s1. The Morgan fingerprint density at radius 1 is 1.13 bits per heavy atom. The average Bonchev–Trinajstić information content (AvgIpc) is 2.70. The van der Waals surface area contributed by atoms with Gasteiger partial charge in [-0.3, -0.25) is 4.79 Å². The van der Waals surface area contributed by atoms with Crippen molar-refractivity contribution in [1.82, 2.24) is 4.31 Å². The van der Waals surface area contributed by atoms with Crippen LogP contribution in [0.15, 0.2) is 42.5 Å². The number of nitrogens with zero attached hydrogens (tertiary/aromatic N) is 1. The van der Waals surface area contributed by atoms with Crippen LogP contribution in [0.4, 0.5) is 5.69 Å². The SMILES string of the molecule is O=C(O)c1ccc(NC(=O)[C@@H]2CCCN(S(=O)(=O)Cc3ccc(Cl)cc3Cl)C2)cc1. The Morgan fingerprint density at radius 2 is 1.83 bits per heavy atom.